The molecular formula is C13H18ClNO. The van der Waals surface area contributed by atoms with Crippen molar-refractivity contribution in [1.29, 1.82) is 0 Å². The van der Waals surface area contributed by atoms with E-state index in [9.17, 15) is 0 Å². The molecule has 2 atom stereocenters. The fourth-order valence-electron chi connectivity index (χ4n) is 2.32. The molecule has 0 aliphatic carbocycles. The average molecular weight is 240 g/mol. The molecule has 1 saturated heterocycles. The molecule has 1 aromatic carbocycles. The number of benzene rings is 1. The highest BCUT2D eigenvalue weighted by molar-refractivity contribution is 6.31. The minimum absolute atomic E-state index is 0.404. The Bertz CT molecular complexity index is 334. The van der Waals surface area contributed by atoms with E-state index in [1.807, 2.05) is 18.2 Å². The van der Waals surface area contributed by atoms with Gasteiger partial charge in [0.05, 0.1) is 6.61 Å². The zero-order valence-electron chi connectivity index (χ0n) is 9.58. The lowest BCUT2D eigenvalue weighted by Crippen LogP contribution is -2.35. The molecule has 2 rings (SSSR count). The van der Waals surface area contributed by atoms with Crippen molar-refractivity contribution in [2.24, 2.45) is 5.92 Å². The van der Waals surface area contributed by atoms with Gasteiger partial charge in [0.15, 0.2) is 0 Å². The zero-order chi connectivity index (χ0) is 11.4. The normalized spacial score (nSPS) is 25.6. The largest absolute Gasteiger partial charge is 0.384 e. The maximum atomic E-state index is 6.19. The van der Waals surface area contributed by atoms with Gasteiger partial charge in [0, 0.05) is 24.7 Å². The number of piperidine rings is 1. The van der Waals surface area contributed by atoms with Crippen LogP contribution in [0, 0.1) is 5.92 Å². The Kier molecular flexibility index (Phi) is 4.22. The van der Waals surface area contributed by atoms with Crippen LogP contribution in [0.15, 0.2) is 24.3 Å². The van der Waals surface area contributed by atoms with Gasteiger partial charge in [-0.15, -0.1) is 0 Å². The first-order chi connectivity index (χ1) is 7.81. The first-order valence-electron chi connectivity index (χ1n) is 5.78. The molecule has 2 unspecified atom stereocenters. The summed E-state index contributed by atoms with van der Waals surface area (Å²) in [6.45, 7) is 1.87. The fourth-order valence-corrected chi connectivity index (χ4v) is 2.58. The minimum Gasteiger partial charge on any atom is -0.384 e. The highest BCUT2D eigenvalue weighted by Gasteiger charge is 2.22. The molecule has 1 N–H and O–H groups in total. The summed E-state index contributed by atoms with van der Waals surface area (Å²) in [6, 6.07) is 8.49. The number of nitrogens with one attached hydrogen (secondary N) is 1. The summed E-state index contributed by atoms with van der Waals surface area (Å²) in [4.78, 5) is 0. The van der Waals surface area contributed by atoms with Crippen molar-refractivity contribution >= 4 is 11.6 Å². The molecule has 0 amide bonds. The highest BCUT2D eigenvalue weighted by atomic mass is 35.5. The molecule has 3 heteroatoms. The number of hydrogen-bond acceptors (Lipinski definition) is 2. The van der Waals surface area contributed by atoms with Crippen LogP contribution in [0.2, 0.25) is 5.02 Å². The van der Waals surface area contributed by atoms with E-state index >= 15 is 0 Å². The van der Waals surface area contributed by atoms with E-state index in [1.54, 1.807) is 7.11 Å². The van der Waals surface area contributed by atoms with Crippen LogP contribution in [0.4, 0.5) is 0 Å². The second-order valence-electron chi connectivity index (χ2n) is 4.38. The van der Waals surface area contributed by atoms with Gasteiger partial charge in [-0.05, 0) is 30.4 Å². The van der Waals surface area contributed by atoms with Crippen molar-refractivity contribution in [3.8, 4) is 0 Å². The topological polar surface area (TPSA) is 21.3 Å². The first kappa shape index (κ1) is 11.9. The third kappa shape index (κ3) is 2.76. The quantitative estimate of drug-likeness (QED) is 0.876. The maximum Gasteiger partial charge on any atom is 0.0502 e. The lowest BCUT2D eigenvalue weighted by atomic mass is 9.91. The highest BCUT2D eigenvalue weighted by Crippen LogP contribution is 2.30. The summed E-state index contributed by atoms with van der Waals surface area (Å²) in [5, 5.41) is 4.41. The molecule has 1 fully saturated rings. The summed E-state index contributed by atoms with van der Waals surface area (Å²) in [5.74, 6) is 0.642. The predicted octanol–water partition coefficient (Wildman–Crippen LogP) is 3.03. The Hall–Kier alpha value is -0.570. The molecule has 2 nitrogen and oxygen atoms in total. The standard InChI is InChI=1S/C13H18ClNO/c1-16-9-10-6-7-13(15-8-10)11-4-2-3-5-12(11)14/h2-5,10,13,15H,6-9H2,1H3. The zero-order valence-corrected chi connectivity index (χ0v) is 10.3. The molecule has 1 aliphatic rings. The predicted molar refractivity (Wildman–Crippen MR) is 66.8 cm³/mol. The van der Waals surface area contributed by atoms with Gasteiger partial charge >= 0.3 is 0 Å². The molecule has 1 aromatic rings. The molecule has 16 heavy (non-hydrogen) atoms. The summed E-state index contributed by atoms with van der Waals surface area (Å²) in [6.07, 6.45) is 2.34. The third-order valence-electron chi connectivity index (χ3n) is 3.20. The van der Waals surface area contributed by atoms with Gasteiger partial charge in [0.1, 0.15) is 0 Å². The van der Waals surface area contributed by atoms with Gasteiger partial charge in [0.25, 0.3) is 0 Å². The first-order valence-corrected chi connectivity index (χ1v) is 6.16. The molecular weight excluding hydrogens is 222 g/mol. The van der Waals surface area contributed by atoms with E-state index in [-0.39, 0.29) is 0 Å². The van der Waals surface area contributed by atoms with E-state index < -0.39 is 0 Å². The van der Waals surface area contributed by atoms with Crippen LogP contribution in [-0.4, -0.2) is 20.3 Å². The monoisotopic (exact) mass is 239 g/mol. The summed E-state index contributed by atoms with van der Waals surface area (Å²) in [5.41, 5.74) is 1.22. The third-order valence-corrected chi connectivity index (χ3v) is 3.54. The summed E-state index contributed by atoms with van der Waals surface area (Å²) >= 11 is 6.19. The van der Waals surface area contributed by atoms with Gasteiger partial charge in [-0.3, -0.25) is 0 Å². The fraction of sp³-hybridized carbons (Fsp3) is 0.538. The second kappa shape index (κ2) is 5.67. The lowest BCUT2D eigenvalue weighted by Gasteiger charge is -2.30. The molecule has 88 valence electrons. The van der Waals surface area contributed by atoms with E-state index in [4.69, 9.17) is 16.3 Å². The van der Waals surface area contributed by atoms with Crippen molar-refractivity contribution in [2.75, 3.05) is 20.3 Å². The SMILES string of the molecule is COCC1CCC(c2ccccc2Cl)NC1. The molecule has 0 bridgehead atoms. The van der Waals surface area contributed by atoms with Gasteiger partial charge in [0.2, 0.25) is 0 Å². The molecule has 0 radical (unpaired) electrons. The van der Waals surface area contributed by atoms with Crippen LogP contribution in [0.25, 0.3) is 0 Å². The lowest BCUT2D eigenvalue weighted by molar-refractivity contribution is 0.129. The van der Waals surface area contributed by atoms with Crippen LogP contribution in [0.3, 0.4) is 0 Å². The minimum atomic E-state index is 0.404. The Morgan fingerprint density at radius 2 is 2.19 bits per heavy atom. The van der Waals surface area contributed by atoms with Gasteiger partial charge < -0.3 is 10.1 Å². The average Bonchev–Trinajstić information content (AvgIpc) is 2.31. The van der Waals surface area contributed by atoms with Crippen LogP contribution >= 0.6 is 11.6 Å². The molecule has 1 heterocycles. The Morgan fingerprint density at radius 3 is 2.81 bits per heavy atom. The van der Waals surface area contributed by atoms with E-state index in [0.717, 1.165) is 24.6 Å². The Labute approximate surface area is 102 Å². The Balaban J connectivity index is 1.96. The van der Waals surface area contributed by atoms with Crippen molar-refractivity contribution in [1.82, 2.24) is 5.32 Å². The van der Waals surface area contributed by atoms with E-state index in [1.165, 1.54) is 12.0 Å². The second-order valence-corrected chi connectivity index (χ2v) is 4.79. The van der Waals surface area contributed by atoms with E-state index in [0.29, 0.717) is 12.0 Å². The van der Waals surface area contributed by atoms with Crippen molar-refractivity contribution < 1.29 is 4.74 Å². The van der Waals surface area contributed by atoms with Gasteiger partial charge in [-0.1, -0.05) is 29.8 Å². The van der Waals surface area contributed by atoms with Crippen LogP contribution in [0.1, 0.15) is 24.4 Å². The smallest absolute Gasteiger partial charge is 0.0502 e. The van der Waals surface area contributed by atoms with Crippen molar-refractivity contribution in [3.05, 3.63) is 34.9 Å². The number of hydrogen-bond donors (Lipinski definition) is 1. The number of ether oxygens (including phenoxy) is 1. The number of rotatable bonds is 3. The van der Waals surface area contributed by atoms with Gasteiger partial charge in [-0.2, -0.15) is 0 Å². The maximum absolute atomic E-state index is 6.19. The molecule has 0 saturated carbocycles. The molecule has 0 aromatic heterocycles. The molecule has 1 aliphatic heterocycles. The Morgan fingerprint density at radius 1 is 1.38 bits per heavy atom. The van der Waals surface area contributed by atoms with Gasteiger partial charge in [-0.25, -0.2) is 0 Å². The number of halogens is 1. The summed E-state index contributed by atoms with van der Waals surface area (Å²) < 4.78 is 5.18. The van der Waals surface area contributed by atoms with Crippen LogP contribution < -0.4 is 5.32 Å². The molecule has 0 spiro atoms. The number of methoxy groups -OCH3 is 1. The van der Waals surface area contributed by atoms with E-state index in [2.05, 4.69) is 11.4 Å². The van der Waals surface area contributed by atoms with Crippen molar-refractivity contribution in [2.45, 2.75) is 18.9 Å². The van der Waals surface area contributed by atoms with Crippen molar-refractivity contribution in [3.63, 3.8) is 0 Å². The van der Waals surface area contributed by atoms with Crippen LogP contribution in [-0.2, 0) is 4.74 Å². The van der Waals surface area contributed by atoms with Crippen LogP contribution in [0.5, 0.6) is 0 Å². The summed E-state index contributed by atoms with van der Waals surface area (Å²) in [7, 11) is 1.76.